The normalized spacial score (nSPS) is 10.8. The summed E-state index contributed by atoms with van der Waals surface area (Å²) < 4.78 is 19.2. The number of furan rings is 1. The number of aromatic nitrogens is 3. The van der Waals surface area contributed by atoms with E-state index in [1.807, 2.05) is 30.3 Å². The molecule has 1 aromatic carbocycles. The van der Waals surface area contributed by atoms with Crippen LogP contribution in [0.3, 0.4) is 0 Å². The number of nitrogens with zero attached hydrogens (tertiary/aromatic N) is 2. The fraction of sp³-hybridized carbons (Fsp3) is 0. The highest BCUT2D eigenvalue weighted by Gasteiger charge is 2.20. The van der Waals surface area contributed by atoms with Crippen molar-refractivity contribution in [1.29, 1.82) is 0 Å². The highest BCUT2D eigenvalue weighted by Crippen LogP contribution is 2.38. The molecule has 4 rings (SSSR count). The Balaban J connectivity index is 1.96. The first kappa shape index (κ1) is 13.5. The van der Waals surface area contributed by atoms with Crippen molar-refractivity contribution in [3.63, 3.8) is 0 Å². The Hall–Kier alpha value is -3.21. The largest absolute Gasteiger partial charge is 0.464 e. The maximum Gasteiger partial charge on any atom is 0.138 e. The highest BCUT2D eigenvalue weighted by molar-refractivity contribution is 5.89. The zero-order valence-electron chi connectivity index (χ0n) is 12.0. The molecule has 0 aliphatic rings. The Labute approximate surface area is 131 Å². The van der Waals surface area contributed by atoms with E-state index in [0.717, 1.165) is 16.8 Å². The maximum absolute atomic E-state index is 13.6. The highest BCUT2D eigenvalue weighted by atomic mass is 19.1. The van der Waals surface area contributed by atoms with Crippen LogP contribution < -0.4 is 0 Å². The van der Waals surface area contributed by atoms with Gasteiger partial charge in [0.1, 0.15) is 17.3 Å². The van der Waals surface area contributed by atoms with Crippen LogP contribution >= 0.6 is 0 Å². The molecule has 0 atom stereocenters. The van der Waals surface area contributed by atoms with Crippen LogP contribution in [-0.4, -0.2) is 15.2 Å². The summed E-state index contributed by atoms with van der Waals surface area (Å²) in [6, 6.07) is 13.8. The lowest BCUT2D eigenvalue weighted by atomic mass is 10.0. The van der Waals surface area contributed by atoms with Gasteiger partial charge in [0.15, 0.2) is 0 Å². The van der Waals surface area contributed by atoms with Gasteiger partial charge >= 0.3 is 0 Å². The van der Waals surface area contributed by atoms with Crippen molar-refractivity contribution >= 4 is 0 Å². The van der Waals surface area contributed by atoms with Crippen LogP contribution in [-0.2, 0) is 0 Å². The van der Waals surface area contributed by atoms with Crippen LogP contribution in [0.5, 0.6) is 0 Å². The first-order valence-electron chi connectivity index (χ1n) is 7.11. The zero-order valence-corrected chi connectivity index (χ0v) is 12.0. The number of hydrogen-bond donors (Lipinski definition) is 1. The van der Waals surface area contributed by atoms with Gasteiger partial charge in [0.05, 0.1) is 17.5 Å². The number of halogens is 1. The van der Waals surface area contributed by atoms with Crippen molar-refractivity contribution in [3.8, 4) is 33.8 Å². The molecular formula is C18H12FN3O. The van der Waals surface area contributed by atoms with Crippen LogP contribution in [0.25, 0.3) is 33.8 Å². The van der Waals surface area contributed by atoms with Gasteiger partial charge in [-0.25, -0.2) is 4.39 Å². The third-order valence-corrected chi connectivity index (χ3v) is 3.60. The molecule has 3 heterocycles. The molecular weight excluding hydrogens is 293 g/mol. The molecule has 4 nitrogen and oxygen atoms in total. The predicted octanol–water partition coefficient (Wildman–Crippen LogP) is 4.54. The second kappa shape index (κ2) is 5.53. The van der Waals surface area contributed by atoms with Gasteiger partial charge in [-0.3, -0.25) is 10.1 Å². The number of H-pyrrole nitrogens is 1. The van der Waals surface area contributed by atoms with Crippen molar-refractivity contribution in [2.24, 2.45) is 0 Å². The van der Waals surface area contributed by atoms with Gasteiger partial charge in [0.25, 0.3) is 0 Å². The monoisotopic (exact) mass is 305 g/mol. The maximum atomic E-state index is 13.6. The van der Waals surface area contributed by atoms with E-state index < -0.39 is 0 Å². The van der Waals surface area contributed by atoms with Crippen LogP contribution in [0.15, 0.2) is 71.6 Å². The number of benzene rings is 1. The number of pyridine rings is 1. The van der Waals surface area contributed by atoms with Crippen LogP contribution in [0.1, 0.15) is 0 Å². The van der Waals surface area contributed by atoms with E-state index in [1.165, 1.54) is 12.1 Å². The average Bonchev–Trinajstić information content (AvgIpc) is 3.25. The summed E-state index contributed by atoms with van der Waals surface area (Å²) in [5, 5.41) is 7.42. The van der Waals surface area contributed by atoms with E-state index in [2.05, 4.69) is 15.2 Å². The minimum absolute atomic E-state index is 0.304. The van der Waals surface area contributed by atoms with Crippen molar-refractivity contribution < 1.29 is 8.81 Å². The minimum atomic E-state index is -0.304. The molecule has 0 saturated heterocycles. The molecule has 0 saturated carbocycles. The van der Waals surface area contributed by atoms with Gasteiger partial charge in [0, 0.05) is 23.5 Å². The Morgan fingerprint density at radius 2 is 1.83 bits per heavy atom. The lowest BCUT2D eigenvalue weighted by Crippen LogP contribution is -1.85. The summed E-state index contributed by atoms with van der Waals surface area (Å²) in [5.41, 5.74) is 3.87. The quantitative estimate of drug-likeness (QED) is 0.604. The number of nitrogens with one attached hydrogen (secondary N) is 1. The lowest BCUT2D eigenvalue weighted by Gasteiger charge is -2.04. The Kier molecular flexibility index (Phi) is 3.24. The lowest BCUT2D eigenvalue weighted by molar-refractivity contribution is 0.582. The van der Waals surface area contributed by atoms with E-state index in [-0.39, 0.29) is 5.82 Å². The molecule has 0 aliphatic carbocycles. The molecule has 0 amide bonds. The summed E-state index contributed by atoms with van der Waals surface area (Å²) in [6.45, 7) is 0. The fourth-order valence-corrected chi connectivity index (χ4v) is 2.57. The molecule has 5 heteroatoms. The second-order valence-corrected chi connectivity index (χ2v) is 5.05. The van der Waals surface area contributed by atoms with E-state index in [1.54, 1.807) is 24.7 Å². The molecule has 0 fully saturated rings. The number of hydrogen-bond acceptors (Lipinski definition) is 3. The molecule has 0 spiro atoms. The van der Waals surface area contributed by atoms with E-state index in [4.69, 9.17) is 4.42 Å². The Bertz CT molecular complexity index is 930. The van der Waals surface area contributed by atoms with Crippen molar-refractivity contribution in [1.82, 2.24) is 15.2 Å². The SMILES string of the molecule is Fc1cccc(-c2n[nH]c(-c3ccncc3)c2-c2ccco2)c1. The summed E-state index contributed by atoms with van der Waals surface area (Å²) in [6.07, 6.45) is 5.03. The average molecular weight is 305 g/mol. The van der Waals surface area contributed by atoms with Crippen molar-refractivity contribution in [3.05, 3.63) is 73.0 Å². The van der Waals surface area contributed by atoms with E-state index in [0.29, 0.717) is 17.0 Å². The summed E-state index contributed by atoms with van der Waals surface area (Å²) in [5.74, 6) is 0.367. The summed E-state index contributed by atoms with van der Waals surface area (Å²) in [7, 11) is 0. The Morgan fingerprint density at radius 3 is 2.57 bits per heavy atom. The summed E-state index contributed by atoms with van der Waals surface area (Å²) >= 11 is 0. The van der Waals surface area contributed by atoms with Crippen LogP contribution in [0.4, 0.5) is 4.39 Å². The Morgan fingerprint density at radius 1 is 0.957 bits per heavy atom. The molecule has 1 N–H and O–H groups in total. The molecule has 3 aromatic heterocycles. The van der Waals surface area contributed by atoms with Gasteiger partial charge in [-0.05, 0) is 36.4 Å². The fourth-order valence-electron chi connectivity index (χ4n) is 2.57. The number of rotatable bonds is 3. The van der Waals surface area contributed by atoms with Gasteiger partial charge in [0.2, 0.25) is 0 Å². The topological polar surface area (TPSA) is 54.7 Å². The van der Waals surface area contributed by atoms with Crippen molar-refractivity contribution in [2.45, 2.75) is 0 Å². The molecule has 112 valence electrons. The smallest absolute Gasteiger partial charge is 0.138 e. The predicted molar refractivity (Wildman–Crippen MR) is 84.9 cm³/mol. The van der Waals surface area contributed by atoms with Gasteiger partial charge in [-0.1, -0.05) is 12.1 Å². The third-order valence-electron chi connectivity index (χ3n) is 3.60. The molecule has 0 radical (unpaired) electrons. The molecule has 0 aliphatic heterocycles. The minimum Gasteiger partial charge on any atom is -0.464 e. The first-order valence-corrected chi connectivity index (χ1v) is 7.11. The zero-order chi connectivity index (χ0) is 15.6. The van der Waals surface area contributed by atoms with Gasteiger partial charge < -0.3 is 4.42 Å². The second-order valence-electron chi connectivity index (χ2n) is 5.05. The molecule has 0 bridgehead atoms. The third kappa shape index (κ3) is 2.42. The molecule has 4 aromatic rings. The molecule has 0 unspecified atom stereocenters. The van der Waals surface area contributed by atoms with Crippen LogP contribution in [0.2, 0.25) is 0 Å². The first-order chi connectivity index (χ1) is 11.3. The van der Waals surface area contributed by atoms with E-state index >= 15 is 0 Å². The van der Waals surface area contributed by atoms with Crippen molar-refractivity contribution in [2.75, 3.05) is 0 Å². The number of aromatic amines is 1. The van der Waals surface area contributed by atoms with Crippen LogP contribution in [0, 0.1) is 5.82 Å². The van der Waals surface area contributed by atoms with Gasteiger partial charge in [-0.2, -0.15) is 5.10 Å². The standard InChI is InChI=1S/C18H12FN3O/c19-14-4-1-3-13(11-14)18-16(15-5-2-10-23-15)17(21-22-18)12-6-8-20-9-7-12/h1-11H,(H,21,22). The summed E-state index contributed by atoms with van der Waals surface area (Å²) in [4.78, 5) is 4.03. The van der Waals surface area contributed by atoms with Gasteiger partial charge in [-0.15, -0.1) is 0 Å². The van der Waals surface area contributed by atoms with E-state index in [9.17, 15) is 4.39 Å². The molecule has 23 heavy (non-hydrogen) atoms.